The minimum atomic E-state index is -0.0599. The van der Waals surface area contributed by atoms with Crippen molar-refractivity contribution in [2.75, 3.05) is 52.6 Å². The van der Waals surface area contributed by atoms with E-state index >= 15 is 0 Å². The number of hydrogen-bond acceptors (Lipinski definition) is 6. The molecule has 6 nitrogen and oxygen atoms in total. The number of aromatic hydroxyl groups is 1. The third-order valence-electron chi connectivity index (χ3n) is 5.77. The Labute approximate surface area is 183 Å². The molecule has 6 heteroatoms. The summed E-state index contributed by atoms with van der Waals surface area (Å²) in [6.45, 7) is 7.28. The van der Waals surface area contributed by atoms with Gasteiger partial charge in [0.2, 0.25) is 0 Å². The van der Waals surface area contributed by atoms with Gasteiger partial charge in [0.25, 0.3) is 0 Å². The number of rotatable bonds is 7. The van der Waals surface area contributed by atoms with E-state index < -0.39 is 0 Å². The number of carbonyl (C=O) groups is 1. The van der Waals surface area contributed by atoms with Gasteiger partial charge in [0.15, 0.2) is 5.78 Å². The molecule has 2 heterocycles. The van der Waals surface area contributed by atoms with Crippen LogP contribution in [0.5, 0.6) is 5.75 Å². The molecule has 0 radical (unpaired) electrons. The molecule has 0 aliphatic carbocycles. The minimum Gasteiger partial charge on any atom is -0.507 e. The van der Waals surface area contributed by atoms with Crippen LogP contribution in [0.2, 0.25) is 0 Å². The Morgan fingerprint density at radius 2 is 1.39 bits per heavy atom. The fourth-order valence-electron chi connectivity index (χ4n) is 3.98. The van der Waals surface area contributed by atoms with Gasteiger partial charge in [0.05, 0.1) is 26.4 Å². The van der Waals surface area contributed by atoms with Crippen LogP contribution in [0, 0.1) is 0 Å². The van der Waals surface area contributed by atoms with E-state index in [1.807, 2.05) is 48.5 Å². The number of carbonyl (C=O) groups excluding carboxylic acids is 1. The molecule has 0 saturated carbocycles. The zero-order valence-corrected chi connectivity index (χ0v) is 17.8. The molecule has 0 atom stereocenters. The Balaban J connectivity index is 1.59. The summed E-state index contributed by atoms with van der Waals surface area (Å²) in [6.07, 6.45) is 3.44. The molecule has 2 saturated heterocycles. The topological polar surface area (TPSA) is 62.2 Å². The van der Waals surface area contributed by atoms with Crippen LogP contribution < -0.4 is 0 Å². The molecule has 1 N–H and O–H groups in total. The van der Waals surface area contributed by atoms with Crippen LogP contribution in [0.25, 0.3) is 6.08 Å². The monoisotopic (exact) mass is 422 g/mol. The van der Waals surface area contributed by atoms with Gasteiger partial charge in [-0.1, -0.05) is 36.4 Å². The number of ketones is 1. The first kappa shape index (κ1) is 21.7. The molecule has 164 valence electrons. The van der Waals surface area contributed by atoms with E-state index in [4.69, 9.17) is 9.47 Å². The van der Waals surface area contributed by atoms with Crippen molar-refractivity contribution in [3.05, 3.63) is 70.8 Å². The lowest BCUT2D eigenvalue weighted by molar-refractivity contribution is 0.0327. The Morgan fingerprint density at radius 1 is 0.871 bits per heavy atom. The molecular weight excluding hydrogens is 392 g/mol. The summed E-state index contributed by atoms with van der Waals surface area (Å²) in [4.78, 5) is 17.5. The summed E-state index contributed by atoms with van der Waals surface area (Å²) in [5.41, 5.74) is 3.18. The van der Waals surface area contributed by atoms with Gasteiger partial charge in [0.1, 0.15) is 5.75 Å². The fraction of sp³-hybridized carbons (Fsp3) is 0.400. The number of phenolic OH excluding ortho intramolecular Hbond substituents is 1. The number of benzene rings is 2. The first-order valence-corrected chi connectivity index (χ1v) is 10.9. The highest BCUT2D eigenvalue weighted by molar-refractivity contribution is 6.07. The lowest BCUT2D eigenvalue weighted by Gasteiger charge is -2.29. The van der Waals surface area contributed by atoms with Crippen molar-refractivity contribution in [3.63, 3.8) is 0 Å². The number of morpholine rings is 2. The van der Waals surface area contributed by atoms with Crippen LogP contribution in [0.15, 0.2) is 48.5 Å². The highest BCUT2D eigenvalue weighted by Crippen LogP contribution is 2.28. The Morgan fingerprint density at radius 3 is 1.90 bits per heavy atom. The van der Waals surface area contributed by atoms with E-state index in [9.17, 15) is 9.90 Å². The molecule has 2 aliphatic heterocycles. The zero-order valence-electron chi connectivity index (χ0n) is 17.8. The average Bonchev–Trinajstić information content (AvgIpc) is 2.82. The van der Waals surface area contributed by atoms with Crippen LogP contribution in [-0.4, -0.2) is 73.3 Å². The third kappa shape index (κ3) is 6.02. The van der Waals surface area contributed by atoms with E-state index in [1.165, 1.54) is 0 Å². The zero-order chi connectivity index (χ0) is 21.5. The molecule has 31 heavy (non-hydrogen) atoms. The SMILES string of the molecule is O=C(/C=C/c1ccccc1)c1cc(CN2CCOCC2)c(O)c(CN2CCOCC2)c1. The van der Waals surface area contributed by atoms with Crippen molar-refractivity contribution < 1.29 is 19.4 Å². The maximum atomic E-state index is 13.0. The molecule has 2 aromatic carbocycles. The van der Waals surface area contributed by atoms with Crippen LogP contribution in [0.4, 0.5) is 0 Å². The standard InChI is InChI=1S/C25H30N2O4/c28-24(7-6-20-4-2-1-3-5-20)21-16-22(18-26-8-12-30-13-9-26)25(29)23(17-21)19-27-10-14-31-15-11-27/h1-7,16-17,29H,8-15,18-19H2/b7-6+. The number of phenols is 1. The smallest absolute Gasteiger partial charge is 0.185 e. The maximum Gasteiger partial charge on any atom is 0.185 e. The van der Waals surface area contributed by atoms with E-state index in [0.717, 1.165) is 42.9 Å². The van der Waals surface area contributed by atoms with Gasteiger partial charge in [-0.05, 0) is 23.8 Å². The highest BCUT2D eigenvalue weighted by Gasteiger charge is 2.20. The molecule has 2 aromatic rings. The van der Waals surface area contributed by atoms with Crippen molar-refractivity contribution in [1.82, 2.24) is 9.80 Å². The van der Waals surface area contributed by atoms with Crippen LogP contribution >= 0.6 is 0 Å². The molecule has 0 aromatic heterocycles. The predicted octanol–water partition coefficient (Wildman–Crippen LogP) is 2.95. The van der Waals surface area contributed by atoms with Crippen LogP contribution in [0.3, 0.4) is 0 Å². The van der Waals surface area contributed by atoms with E-state index in [1.54, 1.807) is 6.08 Å². The van der Waals surface area contributed by atoms with Crippen molar-refractivity contribution >= 4 is 11.9 Å². The van der Waals surface area contributed by atoms with E-state index in [0.29, 0.717) is 50.8 Å². The maximum absolute atomic E-state index is 13.0. The second-order valence-electron chi connectivity index (χ2n) is 8.03. The number of nitrogens with zero attached hydrogens (tertiary/aromatic N) is 2. The second-order valence-corrected chi connectivity index (χ2v) is 8.03. The lowest BCUT2D eigenvalue weighted by atomic mass is 9.99. The van der Waals surface area contributed by atoms with Gasteiger partial charge in [0, 0.05) is 56.0 Å². The Hall–Kier alpha value is -2.51. The number of allylic oxidation sites excluding steroid dienone is 1. The minimum absolute atomic E-state index is 0.0599. The van der Waals surface area contributed by atoms with Gasteiger partial charge >= 0.3 is 0 Å². The summed E-state index contributed by atoms with van der Waals surface area (Å²) in [7, 11) is 0. The van der Waals surface area contributed by atoms with Crippen molar-refractivity contribution in [1.29, 1.82) is 0 Å². The molecular formula is C25H30N2O4. The fourth-order valence-corrected chi connectivity index (χ4v) is 3.98. The molecule has 2 aliphatic rings. The summed E-state index contributed by atoms with van der Waals surface area (Å²) < 4.78 is 10.9. The first-order valence-electron chi connectivity index (χ1n) is 10.9. The third-order valence-corrected chi connectivity index (χ3v) is 5.77. The quantitative estimate of drug-likeness (QED) is 0.547. The number of ether oxygens (including phenoxy) is 2. The normalized spacial score (nSPS) is 18.5. The van der Waals surface area contributed by atoms with Crippen LogP contribution in [0.1, 0.15) is 27.0 Å². The summed E-state index contributed by atoms with van der Waals surface area (Å²) >= 11 is 0. The van der Waals surface area contributed by atoms with Gasteiger partial charge in [-0.25, -0.2) is 0 Å². The highest BCUT2D eigenvalue weighted by atomic mass is 16.5. The van der Waals surface area contributed by atoms with Gasteiger partial charge in [-0.15, -0.1) is 0 Å². The molecule has 2 fully saturated rings. The Kier molecular flexibility index (Phi) is 7.48. The largest absolute Gasteiger partial charge is 0.507 e. The van der Waals surface area contributed by atoms with Crippen molar-refractivity contribution in [2.24, 2.45) is 0 Å². The summed E-state index contributed by atoms with van der Waals surface area (Å²) in [5, 5.41) is 11.0. The molecule has 0 amide bonds. The lowest BCUT2D eigenvalue weighted by Crippen LogP contribution is -2.36. The van der Waals surface area contributed by atoms with Crippen molar-refractivity contribution in [3.8, 4) is 5.75 Å². The van der Waals surface area contributed by atoms with E-state index in [2.05, 4.69) is 9.80 Å². The molecule has 0 bridgehead atoms. The Bertz CT molecular complexity index is 860. The average molecular weight is 423 g/mol. The number of hydrogen-bond donors (Lipinski definition) is 1. The predicted molar refractivity (Wildman–Crippen MR) is 120 cm³/mol. The van der Waals surface area contributed by atoms with Crippen LogP contribution in [-0.2, 0) is 22.6 Å². The van der Waals surface area contributed by atoms with Gasteiger partial charge in [-0.3, -0.25) is 14.6 Å². The van der Waals surface area contributed by atoms with Crippen molar-refractivity contribution in [2.45, 2.75) is 13.1 Å². The summed E-state index contributed by atoms with van der Waals surface area (Å²) in [6, 6.07) is 13.5. The van der Waals surface area contributed by atoms with Gasteiger partial charge < -0.3 is 14.6 Å². The van der Waals surface area contributed by atoms with E-state index in [-0.39, 0.29) is 5.78 Å². The molecule has 0 spiro atoms. The summed E-state index contributed by atoms with van der Waals surface area (Å²) in [5.74, 6) is 0.233. The first-order chi connectivity index (χ1) is 15.2. The van der Waals surface area contributed by atoms with Gasteiger partial charge in [-0.2, -0.15) is 0 Å². The molecule has 4 rings (SSSR count). The molecule has 0 unspecified atom stereocenters. The second kappa shape index (κ2) is 10.7.